The molecule has 4 nitrogen and oxygen atoms in total. The molecule has 0 amide bonds. The van der Waals surface area contributed by atoms with Crippen molar-refractivity contribution in [1.29, 1.82) is 0 Å². The van der Waals surface area contributed by atoms with Gasteiger partial charge in [0.2, 0.25) is 0 Å². The van der Waals surface area contributed by atoms with Crippen LogP contribution in [0.2, 0.25) is 0 Å². The Hall–Kier alpha value is -0.910. The molecule has 0 saturated carbocycles. The van der Waals surface area contributed by atoms with Crippen molar-refractivity contribution < 1.29 is 17.7 Å². The number of benzene rings is 1. The van der Waals surface area contributed by atoms with Crippen molar-refractivity contribution in [2.75, 3.05) is 13.2 Å². The van der Waals surface area contributed by atoms with E-state index >= 15 is 0 Å². The van der Waals surface area contributed by atoms with E-state index in [0.717, 1.165) is 50.0 Å². The lowest BCUT2D eigenvalue weighted by Crippen LogP contribution is -2.00. The van der Waals surface area contributed by atoms with Crippen LogP contribution in [-0.2, 0) is 21.3 Å². The van der Waals surface area contributed by atoms with E-state index in [1.54, 1.807) is 12.1 Å². The summed E-state index contributed by atoms with van der Waals surface area (Å²) in [6.07, 6.45) is 10.1. The second kappa shape index (κ2) is 11.6. The quantitative estimate of drug-likeness (QED) is 0.401. The minimum absolute atomic E-state index is 0.0108. The second-order valence-electron chi connectivity index (χ2n) is 6.40. The van der Waals surface area contributed by atoms with Gasteiger partial charge in [-0.3, -0.25) is 4.55 Å². The van der Waals surface area contributed by atoms with Crippen LogP contribution < -0.4 is 0 Å². The van der Waals surface area contributed by atoms with E-state index in [-0.39, 0.29) is 4.90 Å². The van der Waals surface area contributed by atoms with Crippen LogP contribution in [0.15, 0.2) is 23.1 Å². The van der Waals surface area contributed by atoms with Crippen LogP contribution in [0, 0.1) is 6.92 Å². The van der Waals surface area contributed by atoms with Gasteiger partial charge in [-0.1, -0.05) is 45.1 Å². The average Bonchev–Trinajstić information content (AvgIpc) is 2.53. The molecule has 0 fully saturated rings. The number of hydrogen-bond donors (Lipinski definition) is 1. The largest absolute Gasteiger partial charge is 0.381 e. The van der Waals surface area contributed by atoms with Crippen molar-refractivity contribution in [1.82, 2.24) is 0 Å². The molecule has 1 aromatic carbocycles. The first-order chi connectivity index (χ1) is 11.4. The molecule has 0 radical (unpaired) electrons. The average molecular weight is 357 g/mol. The molecule has 0 atom stereocenters. The highest BCUT2D eigenvalue weighted by atomic mass is 32.2. The molecule has 0 heterocycles. The standard InChI is InChI=1S/C19H32O4S/c1-3-4-9-14-23-15-10-7-5-6-8-11-18-16-19(24(20,21)22)13-12-17(18)2/h12-13,16H,3-11,14-15H2,1-2H3,(H,20,21,22). The van der Waals surface area contributed by atoms with Crippen LogP contribution in [-0.4, -0.2) is 26.2 Å². The van der Waals surface area contributed by atoms with Crippen molar-refractivity contribution in [3.8, 4) is 0 Å². The number of ether oxygens (including phenoxy) is 1. The van der Waals surface area contributed by atoms with E-state index in [2.05, 4.69) is 6.92 Å². The van der Waals surface area contributed by atoms with Gasteiger partial charge in [0.1, 0.15) is 0 Å². The fourth-order valence-corrected chi connectivity index (χ4v) is 3.21. The maximum Gasteiger partial charge on any atom is 0.294 e. The molecule has 1 N–H and O–H groups in total. The van der Waals surface area contributed by atoms with Crippen molar-refractivity contribution in [3.63, 3.8) is 0 Å². The third kappa shape index (κ3) is 8.81. The Bertz CT molecular complexity index is 567. The zero-order valence-electron chi connectivity index (χ0n) is 15.1. The zero-order valence-corrected chi connectivity index (χ0v) is 15.9. The van der Waals surface area contributed by atoms with Gasteiger partial charge in [0.15, 0.2) is 0 Å². The first-order valence-electron chi connectivity index (χ1n) is 9.10. The van der Waals surface area contributed by atoms with Crippen LogP contribution in [0.4, 0.5) is 0 Å². The van der Waals surface area contributed by atoms with E-state index in [4.69, 9.17) is 9.29 Å². The number of rotatable bonds is 13. The van der Waals surface area contributed by atoms with E-state index in [9.17, 15) is 8.42 Å². The maximum atomic E-state index is 11.2. The van der Waals surface area contributed by atoms with Crippen molar-refractivity contribution in [2.45, 2.75) is 76.5 Å². The zero-order chi connectivity index (χ0) is 17.8. The molecule has 0 unspecified atom stereocenters. The normalized spacial score (nSPS) is 11.8. The fourth-order valence-electron chi connectivity index (χ4n) is 2.68. The van der Waals surface area contributed by atoms with E-state index in [1.807, 2.05) is 6.92 Å². The molecule has 1 aromatic rings. The van der Waals surface area contributed by atoms with Crippen LogP contribution in [0.1, 0.15) is 69.4 Å². The highest BCUT2D eigenvalue weighted by Crippen LogP contribution is 2.18. The lowest BCUT2D eigenvalue weighted by Gasteiger charge is -2.08. The van der Waals surface area contributed by atoms with Crippen LogP contribution in [0.3, 0.4) is 0 Å². The highest BCUT2D eigenvalue weighted by Gasteiger charge is 2.11. The van der Waals surface area contributed by atoms with Gasteiger partial charge >= 0.3 is 0 Å². The number of unbranched alkanes of at least 4 members (excludes halogenated alkanes) is 6. The maximum absolute atomic E-state index is 11.2. The van der Waals surface area contributed by atoms with Crippen LogP contribution >= 0.6 is 0 Å². The molecule has 138 valence electrons. The topological polar surface area (TPSA) is 63.6 Å². The SMILES string of the molecule is CCCCCOCCCCCCCc1cc(S(=O)(=O)O)ccc1C. The monoisotopic (exact) mass is 356 g/mol. The molecule has 1 rings (SSSR count). The highest BCUT2D eigenvalue weighted by molar-refractivity contribution is 7.85. The number of aryl methyl sites for hydroxylation is 2. The summed E-state index contributed by atoms with van der Waals surface area (Å²) >= 11 is 0. The predicted octanol–water partition coefficient (Wildman–Crippen LogP) is 4.94. The molecule has 0 aliphatic rings. The first kappa shape index (κ1) is 21.1. The summed E-state index contributed by atoms with van der Waals surface area (Å²) in [7, 11) is -4.11. The predicted molar refractivity (Wildman–Crippen MR) is 98.1 cm³/mol. The molecule has 24 heavy (non-hydrogen) atoms. The summed E-state index contributed by atoms with van der Waals surface area (Å²) in [6.45, 7) is 5.91. The van der Waals surface area contributed by atoms with Gasteiger partial charge in [0.05, 0.1) is 4.90 Å². The molecule has 0 bridgehead atoms. The third-order valence-electron chi connectivity index (χ3n) is 4.25. The Balaban J connectivity index is 2.15. The Morgan fingerprint density at radius 3 is 2.25 bits per heavy atom. The minimum atomic E-state index is -4.11. The minimum Gasteiger partial charge on any atom is -0.381 e. The van der Waals surface area contributed by atoms with Crippen molar-refractivity contribution in [2.24, 2.45) is 0 Å². The van der Waals surface area contributed by atoms with E-state index in [1.165, 1.54) is 38.2 Å². The second-order valence-corrected chi connectivity index (χ2v) is 7.82. The van der Waals surface area contributed by atoms with Crippen LogP contribution in [0.25, 0.3) is 0 Å². The summed E-state index contributed by atoms with van der Waals surface area (Å²) < 4.78 is 37.1. The van der Waals surface area contributed by atoms with Crippen molar-refractivity contribution >= 4 is 10.1 Å². The van der Waals surface area contributed by atoms with E-state index < -0.39 is 10.1 Å². The lowest BCUT2D eigenvalue weighted by molar-refractivity contribution is 0.126. The fraction of sp³-hybridized carbons (Fsp3) is 0.684. The van der Waals surface area contributed by atoms with Crippen LogP contribution in [0.5, 0.6) is 0 Å². The van der Waals surface area contributed by atoms with Gasteiger partial charge in [-0.05, 0) is 55.9 Å². The van der Waals surface area contributed by atoms with Gasteiger partial charge in [0.25, 0.3) is 10.1 Å². The molecule has 0 saturated heterocycles. The van der Waals surface area contributed by atoms with Gasteiger partial charge < -0.3 is 4.74 Å². The van der Waals surface area contributed by atoms with Gasteiger partial charge in [0, 0.05) is 13.2 Å². The molecule has 0 spiro atoms. The molecular weight excluding hydrogens is 324 g/mol. The third-order valence-corrected chi connectivity index (χ3v) is 5.10. The summed E-state index contributed by atoms with van der Waals surface area (Å²) in [5.74, 6) is 0. The Morgan fingerprint density at radius 2 is 1.58 bits per heavy atom. The summed E-state index contributed by atoms with van der Waals surface area (Å²) in [5, 5.41) is 0. The molecule has 0 aromatic heterocycles. The Morgan fingerprint density at radius 1 is 0.958 bits per heavy atom. The van der Waals surface area contributed by atoms with Crippen molar-refractivity contribution in [3.05, 3.63) is 29.3 Å². The van der Waals surface area contributed by atoms with Gasteiger partial charge in [-0.25, -0.2) is 0 Å². The summed E-state index contributed by atoms with van der Waals surface area (Å²) in [6, 6.07) is 4.80. The summed E-state index contributed by atoms with van der Waals surface area (Å²) in [4.78, 5) is -0.0108. The van der Waals surface area contributed by atoms with E-state index in [0.29, 0.717) is 0 Å². The Labute approximate surface area is 147 Å². The molecule has 0 aliphatic heterocycles. The smallest absolute Gasteiger partial charge is 0.294 e. The van der Waals surface area contributed by atoms with Gasteiger partial charge in [-0.2, -0.15) is 8.42 Å². The molecule has 5 heteroatoms. The number of hydrogen-bond acceptors (Lipinski definition) is 3. The first-order valence-corrected chi connectivity index (χ1v) is 10.5. The molecule has 0 aliphatic carbocycles. The van der Waals surface area contributed by atoms with Gasteiger partial charge in [-0.15, -0.1) is 0 Å². The summed E-state index contributed by atoms with van der Waals surface area (Å²) in [5.41, 5.74) is 2.08. The molecular formula is C19H32O4S. The lowest BCUT2D eigenvalue weighted by atomic mass is 10.0. The Kier molecular flexibility index (Phi) is 10.2.